The van der Waals surface area contributed by atoms with E-state index in [0.29, 0.717) is 5.69 Å². The van der Waals surface area contributed by atoms with E-state index in [2.05, 4.69) is 20.9 Å². The van der Waals surface area contributed by atoms with Crippen molar-refractivity contribution in [2.24, 2.45) is 0 Å². The van der Waals surface area contributed by atoms with Gasteiger partial charge in [0.15, 0.2) is 0 Å². The van der Waals surface area contributed by atoms with Crippen molar-refractivity contribution in [2.75, 3.05) is 41.7 Å². The van der Waals surface area contributed by atoms with Crippen LogP contribution >= 0.6 is 0 Å². The lowest BCUT2D eigenvalue weighted by atomic mass is 10.1. The summed E-state index contributed by atoms with van der Waals surface area (Å²) >= 11 is 0. The molecule has 1 aromatic carbocycles. The summed E-state index contributed by atoms with van der Waals surface area (Å²) in [6.45, 7) is 3.53. The molecule has 1 fully saturated rings. The van der Waals surface area contributed by atoms with E-state index >= 15 is 0 Å². The van der Waals surface area contributed by atoms with Gasteiger partial charge in [0.2, 0.25) is 0 Å². The maximum atomic E-state index is 9.20. The molecule has 0 aliphatic carbocycles. The molecule has 5 nitrogen and oxygen atoms in total. The van der Waals surface area contributed by atoms with Crippen LogP contribution in [0.25, 0.3) is 0 Å². The fraction of sp³-hybridized carbons (Fsp3) is 0.250. The van der Waals surface area contributed by atoms with Crippen molar-refractivity contribution < 1.29 is 0 Å². The molecule has 0 radical (unpaired) electrons. The number of rotatable bonds is 2. The molecular weight excluding hydrogens is 262 g/mol. The second-order valence-electron chi connectivity index (χ2n) is 5.05. The first-order valence-electron chi connectivity index (χ1n) is 6.98. The molecule has 0 atom stereocenters. The first kappa shape index (κ1) is 13.3. The number of nitrogen functional groups attached to an aromatic ring is 1. The van der Waals surface area contributed by atoms with Gasteiger partial charge >= 0.3 is 0 Å². The van der Waals surface area contributed by atoms with Gasteiger partial charge in [0, 0.05) is 26.2 Å². The number of nitrogens with two attached hydrogens (primary N) is 1. The van der Waals surface area contributed by atoms with E-state index in [9.17, 15) is 5.26 Å². The Hall–Kier alpha value is -2.74. The zero-order valence-electron chi connectivity index (χ0n) is 11.7. The Morgan fingerprint density at radius 2 is 1.71 bits per heavy atom. The summed E-state index contributed by atoms with van der Waals surface area (Å²) in [6.07, 6.45) is 1.69. The minimum atomic E-state index is 0.681. The lowest BCUT2D eigenvalue weighted by Gasteiger charge is -2.37. The molecular formula is C16H17N5. The lowest BCUT2D eigenvalue weighted by Crippen LogP contribution is -2.47. The van der Waals surface area contributed by atoms with E-state index in [1.165, 1.54) is 0 Å². The molecule has 2 heterocycles. The molecule has 21 heavy (non-hydrogen) atoms. The van der Waals surface area contributed by atoms with Gasteiger partial charge in [0.05, 0.1) is 23.1 Å². The van der Waals surface area contributed by atoms with E-state index in [0.717, 1.165) is 43.2 Å². The first-order chi connectivity index (χ1) is 10.3. The highest BCUT2D eigenvalue weighted by Crippen LogP contribution is 2.22. The third-order valence-corrected chi connectivity index (χ3v) is 3.74. The zero-order valence-corrected chi connectivity index (χ0v) is 11.7. The van der Waals surface area contributed by atoms with Gasteiger partial charge in [-0.1, -0.05) is 12.1 Å². The molecule has 0 amide bonds. The smallest absolute Gasteiger partial charge is 0.128 e. The molecule has 106 valence electrons. The second-order valence-corrected chi connectivity index (χ2v) is 5.05. The SMILES string of the molecule is N#Cc1ccccc1N1CCN(c2ccc(N)cn2)CC1. The van der Waals surface area contributed by atoms with Gasteiger partial charge in [0.25, 0.3) is 0 Å². The quantitative estimate of drug-likeness (QED) is 0.908. The van der Waals surface area contributed by atoms with Crippen LogP contribution in [0, 0.1) is 11.3 Å². The second kappa shape index (κ2) is 5.71. The van der Waals surface area contributed by atoms with E-state index in [4.69, 9.17) is 5.73 Å². The van der Waals surface area contributed by atoms with Crippen LogP contribution in [0.2, 0.25) is 0 Å². The van der Waals surface area contributed by atoms with Gasteiger partial charge < -0.3 is 15.5 Å². The van der Waals surface area contributed by atoms with Crippen LogP contribution in [0.1, 0.15) is 5.56 Å². The molecule has 3 rings (SSSR count). The highest BCUT2D eigenvalue weighted by molar-refractivity contribution is 5.60. The first-order valence-corrected chi connectivity index (χ1v) is 6.98. The summed E-state index contributed by atoms with van der Waals surface area (Å²) in [4.78, 5) is 8.86. The van der Waals surface area contributed by atoms with Crippen LogP contribution in [-0.2, 0) is 0 Å². The third-order valence-electron chi connectivity index (χ3n) is 3.74. The van der Waals surface area contributed by atoms with Crippen molar-refractivity contribution in [2.45, 2.75) is 0 Å². The van der Waals surface area contributed by atoms with Gasteiger partial charge in [-0.3, -0.25) is 0 Å². The predicted molar refractivity (Wildman–Crippen MR) is 84.2 cm³/mol. The van der Waals surface area contributed by atoms with Crippen molar-refractivity contribution in [1.29, 1.82) is 5.26 Å². The van der Waals surface area contributed by atoms with E-state index in [1.54, 1.807) is 6.20 Å². The minimum absolute atomic E-state index is 0.681. The molecule has 2 aromatic rings. The Kier molecular flexibility index (Phi) is 3.61. The molecule has 1 saturated heterocycles. The van der Waals surface area contributed by atoms with Crippen LogP contribution in [0.3, 0.4) is 0 Å². The number of benzene rings is 1. The summed E-state index contributed by atoms with van der Waals surface area (Å²) in [7, 11) is 0. The summed E-state index contributed by atoms with van der Waals surface area (Å²) in [5.74, 6) is 0.956. The molecule has 1 aliphatic rings. The average Bonchev–Trinajstić information content (AvgIpc) is 2.56. The zero-order chi connectivity index (χ0) is 14.7. The number of hydrogen-bond donors (Lipinski definition) is 1. The average molecular weight is 279 g/mol. The van der Waals surface area contributed by atoms with Gasteiger partial charge in [-0.25, -0.2) is 4.98 Å². The van der Waals surface area contributed by atoms with E-state index in [1.807, 2.05) is 36.4 Å². The van der Waals surface area contributed by atoms with Crippen LogP contribution in [-0.4, -0.2) is 31.2 Å². The van der Waals surface area contributed by atoms with Gasteiger partial charge in [0.1, 0.15) is 11.9 Å². The van der Waals surface area contributed by atoms with Crippen molar-refractivity contribution >= 4 is 17.2 Å². The van der Waals surface area contributed by atoms with E-state index in [-0.39, 0.29) is 0 Å². The highest BCUT2D eigenvalue weighted by atomic mass is 15.3. The van der Waals surface area contributed by atoms with Crippen molar-refractivity contribution in [3.8, 4) is 6.07 Å². The number of nitriles is 1. The largest absolute Gasteiger partial charge is 0.397 e. The van der Waals surface area contributed by atoms with Crippen molar-refractivity contribution in [1.82, 2.24) is 4.98 Å². The molecule has 5 heteroatoms. The number of piperazine rings is 1. The molecule has 0 spiro atoms. The summed E-state index contributed by atoms with van der Waals surface area (Å²) in [5.41, 5.74) is 8.10. The number of nitrogens with zero attached hydrogens (tertiary/aromatic N) is 4. The number of anilines is 3. The fourth-order valence-electron chi connectivity index (χ4n) is 2.60. The summed E-state index contributed by atoms with van der Waals surface area (Å²) in [6, 6.07) is 13.8. The number of hydrogen-bond acceptors (Lipinski definition) is 5. The van der Waals surface area contributed by atoms with Crippen LogP contribution in [0.5, 0.6) is 0 Å². The third kappa shape index (κ3) is 2.75. The number of aromatic nitrogens is 1. The lowest BCUT2D eigenvalue weighted by molar-refractivity contribution is 0.647. The molecule has 1 aromatic heterocycles. The van der Waals surface area contributed by atoms with Crippen LogP contribution in [0.4, 0.5) is 17.2 Å². The standard InChI is InChI=1S/C16H17N5/c17-11-13-3-1-2-4-15(13)20-7-9-21(10-8-20)16-6-5-14(18)12-19-16/h1-6,12H,7-10,18H2. The Bertz CT molecular complexity index is 651. The Labute approximate surface area is 124 Å². The van der Waals surface area contributed by atoms with Crippen molar-refractivity contribution in [3.05, 3.63) is 48.2 Å². The normalized spacial score (nSPS) is 14.8. The Balaban J connectivity index is 1.70. The Morgan fingerprint density at radius 1 is 1.00 bits per heavy atom. The topological polar surface area (TPSA) is 69.2 Å². The Morgan fingerprint density at radius 3 is 2.38 bits per heavy atom. The molecule has 1 aliphatic heterocycles. The summed E-state index contributed by atoms with van der Waals surface area (Å²) in [5, 5.41) is 9.20. The van der Waals surface area contributed by atoms with Gasteiger partial charge in [-0.05, 0) is 24.3 Å². The van der Waals surface area contributed by atoms with Crippen LogP contribution < -0.4 is 15.5 Å². The fourth-order valence-corrected chi connectivity index (χ4v) is 2.60. The minimum Gasteiger partial charge on any atom is -0.397 e. The summed E-state index contributed by atoms with van der Waals surface area (Å²) < 4.78 is 0. The maximum absolute atomic E-state index is 9.20. The number of pyridine rings is 1. The molecule has 0 unspecified atom stereocenters. The number of para-hydroxylation sites is 1. The predicted octanol–water partition coefficient (Wildman–Crippen LogP) is 1.86. The van der Waals surface area contributed by atoms with E-state index < -0.39 is 0 Å². The van der Waals surface area contributed by atoms with Crippen LogP contribution in [0.15, 0.2) is 42.6 Å². The van der Waals surface area contributed by atoms with Gasteiger partial charge in [-0.2, -0.15) is 5.26 Å². The monoisotopic (exact) mass is 279 g/mol. The van der Waals surface area contributed by atoms with Gasteiger partial charge in [-0.15, -0.1) is 0 Å². The molecule has 2 N–H and O–H groups in total. The maximum Gasteiger partial charge on any atom is 0.128 e. The van der Waals surface area contributed by atoms with Crippen molar-refractivity contribution in [3.63, 3.8) is 0 Å². The molecule has 0 saturated carbocycles. The molecule has 0 bridgehead atoms. The highest BCUT2D eigenvalue weighted by Gasteiger charge is 2.19.